The molecule has 0 radical (unpaired) electrons. The summed E-state index contributed by atoms with van der Waals surface area (Å²) in [5.74, 6) is -2.13. The number of hydrogen-bond acceptors (Lipinski definition) is 7. The lowest BCUT2D eigenvalue weighted by molar-refractivity contribution is -0.154. The maximum atomic E-state index is 12.5. The molecule has 0 amide bonds. The molecule has 10 heteroatoms. The van der Waals surface area contributed by atoms with E-state index in [-0.39, 0.29) is 32.7 Å². The second kappa shape index (κ2) is 10.7. The first-order chi connectivity index (χ1) is 13.8. The van der Waals surface area contributed by atoms with Crippen LogP contribution in [0.2, 0.25) is 0 Å². The maximum Gasteiger partial charge on any atom is 0.309 e. The minimum Gasteiger partial charge on any atom is -0.466 e. The van der Waals surface area contributed by atoms with Crippen molar-refractivity contribution in [2.24, 2.45) is 5.92 Å². The highest BCUT2D eigenvalue weighted by Gasteiger charge is 2.27. The average molecular weight is 534 g/mol. The first-order valence-electron chi connectivity index (χ1n) is 9.07. The number of aromatic nitrogens is 2. The summed E-state index contributed by atoms with van der Waals surface area (Å²) < 4.78 is 16.7. The molecule has 0 spiro atoms. The van der Waals surface area contributed by atoms with Crippen LogP contribution in [0, 0.1) is 5.92 Å². The Kier molecular flexibility index (Phi) is 8.63. The van der Waals surface area contributed by atoms with Gasteiger partial charge < -0.3 is 14.2 Å². The highest BCUT2D eigenvalue weighted by atomic mass is 79.9. The van der Waals surface area contributed by atoms with Gasteiger partial charge in [-0.05, 0) is 63.8 Å². The Balaban J connectivity index is 2.48. The summed E-state index contributed by atoms with van der Waals surface area (Å²) in [7, 11) is 0. The van der Waals surface area contributed by atoms with Crippen molar-refractivity contribution in [3.8, 4) is 0 Å². The Morgan fingerprint density at radius 2 is 1.83 bits per heavy atom. The SMILES string of the molecule is CCOC(=O)C[C@H](Cc1cc(Br)c2n[nH]c(Br)c2c1COC(C)=O)C(=O)OCC. The fourth-order valence-electron chi connectivity index (χ4n) is 2.94. The molecule has 1 atom stereocenters. The molecule has 0 saturated carbocycles. The van der Waals surface area contributed by atoms with Crippen LogP contribution in [-0.2, 0) is 41.6 Å². The van der Waals surface area contributed by atoms with Gasteiger partial charge in [-0.1, -0.05) is 0 Å². The molecule has 8 nitrogen and oxygen atoms in total. The number of benzene rings is 1. The van der Waals surface area contributed by atoms with Crippen molar-refractivity contribution in [2.45, 2.75) is 40.2 Å². The van der Waals surface area contributed by atoms with Gasteiger partial charge in [-0.2, -0.15) is 5.10 Å². The van der Waals surface area contributed by atoms with Crippen LogP contribution in [-0.4, -0.2) is 41.3 Å². The highest BCUT2D eigenvalue weighted by molar-refractivity contribution is 9.11. The number of carbonyl (C=O) groups is 3. The van der Waals surface area contributed by atoms with Gasteiger partial charge in [0.25, 0.3) is 0 Å². The van der Waals surface area contributed by atoms with Crippen molar-refractivity contribution in [3.05, 3.63) is 26.3 Å². The molecule has 2 aromatic rings. The molecule has 2 rings (SSSR count). The minimum atomic E-state index is -0.736. The number of nitrogens with zero attached hydrogens (tertiary/aromatic N) is 1. The standard InChI is InChI=1S/C19H22Br2N2O6/c1-4-27-15(25)8-12(19(26)28-5-2)6-11-7-14(20)17-16(18(21)23-22-17)13(11)9-29-10(3)24/h7,12H,4-6,8-9H2,1-3H3,(H,22,23)/t12-/m0/s1. The van der Waals surface area contributed by atoms with Gasteiger partial charge >= 0.3 is 17.9 Å². The summed E-state index contributed by atoms with van der Waals surface area (Å²) in [6.07, 6.45) is 0.0995. The molecular formula is C19H22Br2N2O6. The molecule has 0 unspecified atom stereocenters. The fraction of sp³-hybridized carbons (Fsp3) is 0.474. The van der Waals surface area contributed by atoms with E-state index in [4.69, 9.17) is 14.2 Å². The number of carbonyl (C=O) groups excluding carboxylic acids is 3. The number of hydrogen-bond donors (Lipinski definition) is 1. The van der Waals surface area contributed by atoms with E-state index in [1.54, 1.807) is 13.8 Å². The Labute approximate surface area is 184 Å². The number of nitrogens with one attached hydrogen (secondary N) is 1. The monoisotopic (exact) mass is 532 g/mol. The molecule has 0 bridgehead atoms. The molecule has 0 aliphatic rings. The zero-order valence-corrected chi connectivity index (χ0v) is 19.5. The van der Waals surface area contributed by atoms with E-state index >= 15 is 0 Å². The van der Waals surface area contributed by atoms with Gasteiger partial charge in [0, 0.05) is 22.3 Å². The molecule has 0 aliphatic heterocycles. The number of ether oxygens (including phenoxy) is 3. The predicted octanol–water partition coefficient (Wildman–Crippen LogP) is 3.83. The Hall–Kier alpha value is -1.94. The van der Waals surface area contributed by atoms with E-state index in [0.717, 1.165) is 10.9 Å². The van der Waals surface area contributed by atoms with Crippen molar-refractivity contribution >= 4 is 60.7 Å². The summed E-state index contributed by atoms with van der Waals surface area (Å²) in [4.78, 5) is 35.9. The van der Waals surface area contributed by atoms with E-state index in [2.05, 4.69) is 42.1 Å². The highest BCUT2D eigenvalue weighted by Crippen LogP contribution is 2.35. The first-order valence-corrected chi connectivity index (χ1v) is 10.7. The van der Waals surface area contributed by atoms with Crippen LogP contribution in [0.5, 0.6) is 0 Å². The minimum absolute atomic E-state index is 0.00152. The van der Waals surface area contributed by atoms with Gasteiger partial charge in [0.15, 0.2) is 0 Å². The summed E-state index contributed by atoms with van der Waals surface area (Å²) in [5, 5.41) is 7.82. The van der Waals surface area contributed by atoms with Crippen LogP contribution in [0.3, 0.4) is 0 Å². The third-order valence-corrected chi connectivity index (χ3v) is 5.34. The van der Waals surface area contributed by atoms with Crippen LogP contribution in [0.25, 0.3) is 10.9 Å². The number of aromatic amines is 1. The van der Waals surface area contributed by atoms with Crippen molar-refractivity contribution in [1.29, 1.82) is 0 Å². The summed E-state index contributed by atoms with van der Waals surface area (Å²) in [5.41, 5.74) is 2.08. The Morgan fingerprint density at radius 1 is 1.14 bits per heavy atom. The van der Waals surface area contributed by atoms with Crippen molar-refractivity contribution in [1.82, 2.24) is 10.2 Å². The molecule has 1 aromatic heterocycles. The molecule has 1 N–H and O–H groups in total. The second-order valence-corrected chi connectivity index (χ2v) is 7.85. The smallest absolute Gasteiger partial charge is 0.309 e. The fourth-order valence-corrected chi connectivity index (χ4v) is 4.02. The lowest BCUT2D eigenvalue weighted by atomic mass is 9.92. The van der Waals surface area contributed by atoms with Crippen LogP contribution in [0.15, 0.2) is 15.1 Å². The van der Waals surface area contributed by atoms with Gasteiger partial charge in [0.1, 0.15) is 16.7 Å². The van der Waals surface area contributed by atoms with Crippen LogP contribution in [0.4, 0.5) is 0 Å². The lowest BCUT2D eigenvalue weighted by Gasteiger charge is -2.18. The van der Waals surface area contributed by atoms with Crippen LogP contribution >= 0.6 is 31.9 Å². The van der Waals surface area contributed by atoms with Crippen molar-refractivity contribution in [2.75, 3.05) is 13.2 Å². The number of rotatable bonds is 9. The van der Waals surface area contributed by atoms with Gasteiger partial charge in [-0.3, -0.25) is 19.5 Å². The van der Waals surface area contributed by atoms with Gasteiger partial charge in [-0.25, -0.2) is 0 Å². The van der Waals surface area contributed by atoms with Crippen molar-refractivity contribution in [3.63, 3.8) is 0 Å². The third kappa shape index (κ3) is 6.02. The van der Waals surface area contributed by atoms with Gasteiger partial charge in [0.2, 0.25) is 0 Å². The van der Waals surface area contributed by atoms with E-state index in [0.29, 0.717) is 20.2 Å². The first kappa shape index (κ1) is 23.3. The molecule has 1 aromatic carbocycles. The molecule has 0 saturated heterocycles. The molecular weight excluding hydrogens is 512 g/mol. The molecule has 0 aliphatic carbocycles. The topological polar surface area (TPSA) is 108 Å². The van der Waals surface area contributed by atoms with Gasteiger partial charge in [0.05, 0.1) is 25.6 Å². The average Bonchev–Trinajstić information content (AvgIpc) is 3.03. The van der Waals surface area contributed by atoms with E-state index in [9.17, 15) is 14.4 Å². The normalized spacial score (nSPS) is 11.9. The second-order valence-electron chi connectivity index (χ2n) is 6.20. The zero-order valence-electron chi connectivity index (χ0n) is 16.3. The van der Waals surface area contributed by atoms with Crippen LogP contribution < -0.4 is 0 Å². The zero-order chi connectivity index (χ0) is 21.6. The van der Waals surface area contributed by atoms with E-state index < -0.39 is 23.8 Å². The largest absolute Gasteiger partial charge is 0.466 e. The summed E-state index contributed by atoms with van der Waals surface area (Å²) in [6, 6.07) is 1.81. The Bertz CT molecular complexity index is 912. The molecule has 29 heavy (non-hydrogen) atoms. The van der Waals surface area contributed by atoms with E-state index in [1.807, 2.05) is 6.07 Å². The number of halogens is 2. The third-order valence-electron chi connectivity index (χ3n) is 4.16. The number of fused-ring (bicyclic) bond motifs is 1. The Morgan fingerprint density at radius 3 is 2.45 bits per heavy atom. The van der Waals surface area contributed by atoms with Crippen LogP contribution in [0.1, 0.15) is 38.3 Å². The predicted molar refractivity (Wildman–Crippen MR) is 112 cm³/mol. The maximum absolute atomic E-state index is 12.5. The quantitative estimate of drug-likeness (QED) is 0.385. The van der Waals surface area contributed by atoms with Gasteiger partial charge in [-0.15, -0.1) is 0 Å². The summed E-state index contributed by atoms with van der Waals surface area (Å²) in [6.45, 7) is 5.16. The van der Waals surface area contributed by atoms with Crippen molar-refractivity contribution < 1.29 is 28.6 Å². The lowest BCUT2D eigenvalue weighted by Crippen LogP contribution is -2.25. The number of esters is 3. The summed E-state index contributed by atoms with van der Waals surface area (Å²) >= 11 is 6.92. The molecule has 0 fully saturated rings. The van der Waals surface area contributed by atoms with E-state index in [1.165, 1.54) is 6.92 Å². The molecule has 1 heterocycles. The molecule has 158 valence electrons. The number of H-pyrrole nitrogens is 1.